The first-order valence-corrected chi connectivity index (χ1v) is 6.77. The predicted octanol–water partition coefficient (Wildman–Crippen LogP) is 4.67. The Morgan fingerprint density at radius 3 is 2.32 bits per heavy atom. The van der Waals surface area contributed by atoms with E-state index in [0.717, 1.165) is 5.69 Å². The Labute approximate surface area is 123 Å². The zero-order valence-corrected chi connectivity index (χ0v) is 12.5. The van der Waals surface area contributed by atoms with Crippen LogP contribution in [0.3, 0.4) is 0 Å². The third kappa shape index (κ3) is 3.79. The smallest absolute Gasteiger partial charge is 0.0638 e. The summed E-state index contributed by atoms with van der Waals surface area (Å²) < 4.78 is 0. The fourth-order valence-corrected chi connectivity index (χ4v) is 2.10. The van der Waals surface area contributed by atoms with Crippen molar-refractivity contribution in [3.63, 3.8) is 0 Å². The Balaban J connectivity index is 2.04. The molecule has 0 saturated carbocycles. The maximum Gasteiger partial charge on any atom is 0.0638 e. The zero-order chi connectivity index (χ0) is 13.8. The first-order valence-electron chi connectivity index (χ1n) is 6.01. The van der Waals surface area contributed by atoms with Crippen molar-refractivity contribution in [2.24, 2.45) is 0 Å². The summed E-state index contributed by atoms with van der Waals surface area (Å²) in [5.74, 6) is 0. The second-order valence-electron chi connectivity index (χ2n) is 4.54. The second kappa shape index (κ2) is 6.18. The third-order valence-electron chi connectivity index (χ3n) is 2.86. The first-order chi connectivity index (χ1) is 9.06. The minimum atomic E-state index is 0.675. The molecule has 0 atom stereocenters. The Bertz CT molecular complexity index is 551. The van der Waals surface area contributed by atoms with Gasteiger partial charge in [-0.25, -0.2) is 0 Å². The number of benzene rings is 2. The van der Waals surface area contributed by atoms with Crippen LogP contribution in [0.5, 0.6) is 0 Å². The van der Waals surface area contributed by atoms with Crippen LogP contribution in [0.25, 0.3) is 0 Å². The number of hydrogen-bond donors (Lipinski definition) is 1. The van der Waals surface area contributed by atoms with E-state index >= 15 is 0 Å². The molecular weight excluding hydrogens is 279 g/mol. The van der Waals surface area contributed by atoms with Gasteiger partial charge < -0.3 is 10.2 Å². The monoisotopic (exact) mass is 294 g/mol. The van der Waals surface area contributed by atoms with Gasteiger partial charge in [0.25, 0.3) is 0 Å². The van der Waals surface area contributed by atoms with Gasteiger partial charge in [-0.05, 0) is 35.9 Å². The third-order valence-corrected chi connectivity index (χ3v) is 3.43. The van der Waals surface area contributed by atoms with Crippen molar-refractivity contribution in [2.75, 3.05) is 24.3 Å². The molecule has 1 N–H and O–H groups in total. The molecule has 0 heterocycles. The van der Waals surface area contributed by atoms with E-state index < -0.39 is 0 Å². The molecule has 100 valence electrons. The summed E-state index contributed by atoms with van der Waals surface area (Å²) in [6.07, 6.45) is 0. The maximum absolute atomic E-state index is 6.10. The van der Waals surface area contributed by atoms with Gasteiger partial charge in [0.05, 0.1) is 10.7 Å². The number of hydrogen-bond acceptors (Lipinski definition) is 2. The molecule has 0 bridgehead atoms. The lowest BCUT2D eigenvalue weighted by molar-refractivity contribution is 1.11. The first kappa shape index (κ1) is 14.0. The standard InChI is InChI=1S/C15H16Cl2N2/c1-19(2)13-6-3-11(4-7-13)10-18-15-9-12(16)5-8-14(15)17/h3-9,18H,10H2,1-2H3. The summed E-state index contributed by atoms with van der Waals surface area (Å²) >= 11 is 12.1. The normalized spacial score (nSPS) is 10.3. The van der Waals surface area contributed by atoms with Gasteiger partial charge in [0, 0.05) is 31.4 Å². The van der Waals surface area contributed by atoms with Crippen molar-refractivity contribution >= 4 is 34.6 Å². The topological polar surface area (TPSA) is 15.3 Å². The van der Waals surface area contributed by atoms with E-state index in [2.05, 4.69) is 34.5 Å². The molecule has 0 amide bonds. The molecule has 0 spiro atoms. The Kier molecular flexibility index (Phi) is 4.56. The van der Waals surface area contributed by atoms with Gasteiger partial charge in [-0.15, -0.1) is 0 Å². The quantitative estimate of drug-likeness (QED) is 0.881. The van der Waals surface area contributed by atoms with Crippen molar-refractivity contribution in [3.8, 4) is 0 Å². The fraction of sp³-hybridized carbons (Fsp3) is 0.200. The highest BCUT2D eigenvalue weighted by Gasteiger charge is 2.01. The molecule has 4 heteroatoms. The average molecular weight is 295 g/mol. The Morgan fingerprint density at radius 2 is 1.68 bits per heavy atom. The van der Waals surface area contributed by atoms with Gasteiger partial charge in [0.1, 0.15) is 0 Å². The molecule has 0 unspecified atom stereocenters. The van der Waals surface area contributed by atoms with Crippen LogP contribution >= 0.6 is 23.2 Å². The predicted molar refractivity (Wildman–Crippen MR) is 84.6 cm³/mol. The van der Waals surface area contributed by atoms with E-state index in [9.17, 15) is 0 Å². The van der Waals surface area contributed by atoms with Crippen LogP contribution < -0.4 is 10.2 Å². The Morgan fingerprint density at radius 1 is 1.00 bits per heavy atom. The van der Waals surface area contributed by atoms with Crippen molar-refractivity contribution in [2.45, 2.75) is 6.54 Å². The molecule has 0 aliphatic carbocycles. The molecule has 0 aromatic heterocycles. The van der Waals surface area contributed by atoms with Crippen LogP contribution in [0, 0.1) is 0 Å². The lowest BCUT2D eigenvalue weighted by Gasteiger charge is -2.13. The SMILES string of the molecule is CN(C)c1ccc(CNc2cc(Cl)ccc2Cl)cc1. The van der Waals surface area contributed by atoms with E-state index in [1.54, 1.807) is 12.1 Å². The Hall–Kier alpha value is -1.38. The van der Waals surface area contributed by atoms with Crippen LogP contribution in [0.1, 0.15) is 5.56 Å². The average Bonchev–Trinajstić information content (AvgIpc) is 2.40. The summed E-state index contributed by atoms with van der Waals surface area (Å²) in [7, 11) is 4.05. The van der Waals surface area contributed by atoms with E-state index in [4.69, 9.17) is 23.2 Å². The minimum Gasteiger partial charge on any atom is -0.380 e. The number of anilines is 2. The summed E-state index contributed by atoms with van der Waals surface area (Å²) in [5, 5.41) is 4.64. The lowest BCUT2D eigenvalue weighted by atomic mass is 10.2. The molecular formula is C15H16Cl2N2. The van der Waals surface area contributed by atoms with E-state index in [1.165, 1.54) is 11.3 Å². The minimum absolute atomic E-state index is 0.675. The van der Waals surface area contributed by atoms with Gasteiger partial charge in [0.2, 0.25) is 0 Å². The summed E-state index contributed by atoms with van der Waals surface area (Å²) in [6.45, 7) is 0.716. The van der Waals surface area contributed by atoms with Crippen LogP contribution in [0.4, 0.5) is 11.4 Å². The lowest BCUT2D eigenvalue weighted by Crippen LogP contribution is -2.08. The van der Waals surface area contributed by atoms with Crippen molar-refractivity contribution < 1.29 is 0 Å². The van der Waals surface area contributed by atoms with Gasteiger partial charge in [-0.3, -0.25) is 0 Å². The number of halogens is 2. The highest BCUT2D eigenvalue weighted by molar-refractivity contribution is 6.35. The van der Waals surface area contributed by atoms with Gasteiger partial charge in [-0.1, -0.05) is 35.3 Å². The summed E-state index contributed by atoms with van der Waals surface area (Å²) in [5.41, 5.74) is 3.23. The second-order valence-corrected chi connectivity index (χ2v) is 5.38. The van der Waals surface area contributed by atoms with Crippen molar-refractivity contribution in [1.29, 1.82) is 0 Å². The molecule has 0 aliphatic heterocycles. The molecule has 0 radical (unpaired) electrons. The number of rotatable bonds is 4. The summed E-state index contributed by atoms with van der Waals surface area (Å²) in [6, 6.07) is 13.8. The molecule has 2 rings (SSSR count). The largest absolute Gasteiger partial charge is 0.380 e. The van der Waals surface area contributed by atoms with Crippen LogP contribution in [-0.2, 0) is 6.54 Å². The molecule has 0 aliphatic rings. The highest BCUT2D eigenvalue weighted by atomic mass is 35.5. The number of nitrogens with zero attached hydrogens (tertiary/aromatic N) is 1. The molecule has 2 aromatic carbocycles. The van der Waals surface area contributed by atoms with E-state index in [-0.39, 0.29) is 0 Å². The fourth-order valence-electron chi connectivity index (χ4n) is 1.74. The zero-order valence-electron chi connectivity index (χ0n) is 11.0. The van der Waals surface area contributed by atoms with E-state index in [0.29, 0.717) is 16.6 Å². The van der Waals surface area contributed by atoms with Crippen molar-refractivity contribution in [1.82, 2.24) is 0 Å². The van der Waals surface area contributed by atoms with Crippen LogP contribution in [0.2, 0.25) is 10.0 Å². The molecule has 0 fully saturated rings. The van der Waals surface area contributed by atoms with E-state index in [1.807, 2.05) is 20.2 Å². The molecule has 2 nitrogen and oxygen atoms in total. The summed E-state index contributed by atoms with van der Waals surface area (Å²) in [4.78, 5) is 2.07. The molecule has 2 aromatic rings. The number of nitrogens with one attached hydrogen (secondary N) is 1. The van der Waals surface area contributed by atoms with Crippen molar-refractivity contribution in [3.05, 3.63) is 58.1 Å². The van der Waals surface area contributed by atoms with Gasteiger partial charge >= 0.3 is 0 Å². The van der Waals surface area contributed by atoms with Gasteiger partial charge in [0.15, 0.2) is 0 Å². The molecule has 19 heavy (non-hydrogen) atoms. The van der Waals surface area contributed by atoms with Crippen LogP contribution in [0.15, 0.2) is 42.5 Å². The van der Waals surface area contributed by atoms with Crippen LogP contribution in [-0.4, -0.2) is 14.1 Å². The highest BCUT2D eigenvalue weighted by Crippen LogP contribution is 2.26. The molecule has 0 saturated heterocycles. The maximum atomic E-state index is 6.10. The van der Waals surface area contributed by atoms with Gasteiger partial charge in [-0.2, -0.15) is 0 Å².